The molecule has 0 saturated carbocycles. The van der Waals surface area contributed by atoms with Gasteiger partial charge in [0.2, 0.25) is 11.8 Å². The predicted octanol–water partition coefficient (Wildman–Crippen LogP) is 3.44. The maximum atomic E-state index is 13.4. The van der Waals surface area contributed by atoms with E-state index in [0.29, 0.717) is 13.1 Å². The number of carbonyl (C=O) groups excluding carboxylic acids is 2. The van der Waals surface area contributed by atoms with Crippen LogP contribution in [0.1, 0.15) is 11.1 Å². The van der Waals surface area contributed by atoms with Crippen LogP contribution >= 0.6 is 0 Å². The standard InChI is InChI=1S/C26H25N3O3/c1-16-6-8-18(9-7-16)28-24(30)22-21-10-12-26(32-21)15-29(25(31)23(22)26)13-11-17-14-27-20-5-3-2-4-19(17)20/h2-10,12,14,21-23,27H,11,13,15H2,1H3,(H,28,30)/t21-,22-,23-,26+/m1/s1. The van der Waals surface area contributed by atoms with Crippen molar-refractivity contribution in [3.05, 3.63) is 78.0 Å². The van der Waals surface area contributed by atoms with E-state index in [9.17, 15) is 9.59 Å². The normalized spacial score (nSPS) is 28.0. The number of aromatic amines is 1. The molecule has 2 amide bonds. The summed E-state index contributed by atoms with van der Waals surface area (Å²) in [6, 6.07) is 15.9. The number of para-hydroxylation sites is 1. The molecule has 3 aliphatic rings. The number of H-pyrrole nitrogens is 1. The SMILES string of the molecule is Cc1ccc(NC(=O)[C@@H]2[C@H]3C=C[C@@]4(CN(CCc5c[nH]c6ccccc56)C(=O)[C@@H]24)O3)cc1. The first-order valence-electron chi connectivity index (χ1n) is 11.1. The molecule has 0 radical (unpaired) electrons. The van der Waals surface area contributed by atoms with Gasteiger partial charge in [-0.15, -0.1) is 0 Å². The van der Waals surface area contributed by atoms with E-state index in [4.69, 9.17) is 4.74 Å². The Labute approximate surface area is 186 Å². The first-order valence-corrected chi connectivity index (χ1v) is 11.1. The van der Waals surface area contributed by atoms with Gasteiger partial charge in [0.25, 0.3) is 0 Å². The van der Waals surface area contributed by atoms with Gasteiger partial charge in [0.15, 0.2) is 0 Å². The highest BCUT2D eigenvalue weighted by atomic mass is 16.5. The minimum absolute atomic E-state index is 0.0146. The van der Waals surface area contributed by atoms with Gasteiger partial charge < -0.3 is 19.9 Å². The Balaban J connectivity index is 1.20. The van der Waals surface area contributed by atoms with Gasteiger partial charge in [0.1, 0.15) is 5.60 Å². The quantitative estimate of drug-likeness (QED) is 0.613. The second kappa shape index (κ2) is 7.07. The third-order valence-corrected chi connectivity index (χ3v) is 7.13. The summed E-state index contributed by atoms with van der Waals surface area (Å²) < 4.78 is 6.24. The van der Waals surface area contributed by atoms with Crippen LogP contribution in [-0.2, 0) is 20.7 Å². The second-order valence-corrected chi connectivity index (χ2v) is 9.12. The fraction of sp³-hybridized carbons (Fsp3) is 0.308. The van der Waals surface area contributed by atoms with E-state index in [-0.39, 0.29) is 17.9 Å². The second-order valence-electron chi connectivity index (χ2n) is 9.12. The van der Waals surface area contributed by atoms with Gasteiger partial charge in [-0.2, -0.15) is 0 Å². The van der Waals surface area contributed by atoms with E-state index < -0.39 is 17.4 Å². The molecule has 6 rings (SSSR count). The highest BCUT2D eigenvalue weighted by molar-refractivity contribution is 5.99. The number of ether oxygens (including phenoxy) is 1. The summed E-state index contributed by atoms with van der Waals surface area (Å²) in [4.78, 5) is 31.8. The maximum Gasteiger partial charge on any atom is 0.231 e. The molecule has 2 fully saturated rings. The van der Waals surface area contributed by atoms with Crippen molar-refractivity contribution in [3.63, 3.8) is 0 Å². The minimum Gasteiger partial charge on any atom is -0.361 e. The van der Waals surface area contributed by atoms with E-state index in [1.165, 1.54) is 10.9 Å². The molecule has 2 aromatic carbocycles. The third-order valence-electron chi connectivity index (χ3n) is 7.13. The van der Waals surface area contributed by atoms with Crippen LogP contribution in [-0.4, -0.2) is 46.5 Å². The fourth-order valence-corrected chi connectivity index (χ4v) is 5.52. The lowest BCUT2D eigenvalue weighted by molar-refractivity contribution is -0.135. The summed E-state index contributed by atoms with van der Waals surface area (Å²) in [5, 5.41) is 4.17. The zero-order chi connectivity index (χ0) is 21.9. The lowest BCUT2D eigenvalue weighted by Gasteiger charge is -2.23. The van der Waals surface area contributed by atoms with Crippen LogP contribution in [0.3, 0.4) is 0 Å². The van der Waals surface area contributed by atoms with Crippen molar-refractivity contribution < 1.29 is 14.3 Å². The number of nitrogens with one attached hydrogen (secondary N) is 2. The first kappa shape index (κ1) is 19.3. The topological polar surface area (TPSA) is 74.4 Å². The average Bonchev–Trinajstić information content (AvgIpc) is 3.54. The number of rotatable bonds is 5. The number of aromatic nitrogens is 1. The number of hydrogen-bond acceptors (Lipinski definition) is 3. The summed E-state index contributed by atoms with van der Waals surface area (Å²) in [5.41, 5.74) is 3.48. The largest absolute Gasteiger partial charge is 0.361 e. The van der Waals surface area contributed by atoms with Crippen LogP contribution in [0.15, 0.2) is 66.9 Å². The summed E-state index contributed by atoms with van der Waals surface area (Å²) in [7, 11) is 0. The smallest absolute Gasteiger partial charge is 0.231 e. The van der Waals surface area contributed by atoms with Gasteiger partial charge in [0, 0.05) is 29.3 Å². The summed E-state index contributed by atoms with van der Waals surface area (Å²) >= 11 is 0. The van der Waals surface area contributed by atoms with Gasteiger partial charge in [-0.05, 0) is 37.1 Å². The molecule has 32 heavy (non-hydrogen) atoms. The first-order chi connectivity index (χ1) is 15.5. The van der Waals surface area contributed by atoms with Gasteiger partial charge in [-0.1, -0.05) is 48.0 Å². The molecule has 1 spiro atoms. The molecule has 3 aliphatic heterocycles. The lowest BCUT2D eigenvalue weighted by Crippen LogP contribution is -2.41. The van der Waals surface area contributed by atoms with Crippen LogP contribution in [0.25, 0.3) is 10.9 Å². The molecule has 0 aliphatic carbocycles. The summed E-state index contributed by atoms with van der Waals surface area (Å²) in [6.07, 6.45) is 6.38. The van der Waals surface area contributed by atoms with Crippen molar-refractivity contribution in [1.82, 2.24) is 9.88 Å². The molecule has 1 aromatic heterocycles. The number of likely N-dealkylation sites (tertiary alicyclic amines) is 1. The van der Waals surface area contributed by atoms with Crippen molar-refractivity contribution in [3.8, 4) is 0 Å². The molecular formula is C26H25N3O3. The van der Waals surface area contributed by atoms with Crippen LogP contribution in [0.2, 0.25) is 0 Å². The van der Waals surface area contributed by atoms with Gasteiger partial charge >= 0.3 is 0 Å². The Bertz CT molecular complexity index is 1240. The number of anilines is 1. The fourth-order valence-electron chi connectivity index (χ4n) is 5.52. The highest BCUT2D eigenvalue weighted by Gasteiger charge is 2.66. The Morgan fingerprint density at radius 3 is 2.88 bits per heavy atom. The number of amides is 2. The summed E-state index contributed by atoms with van der Waals surface area (Å²) in [5.74, 6) is -1.11. The van der Waals surface area contributed by atoms with Crippen molar-refractivity contribution in [2.75, 3.05) is 18.4 Å². The van der Waals surface area contributed by atoms with E-state index in [1.807, 2.05) is 66.6 Å². The monoisotopic (exact) mass is 427 g/mol. The van der Waals surface area contributed by atoms with Crippen LogP contribution in [0.4, 0.5) is 5.69 Å². The van der Waals surface area contributed by atoms with E-state index in [0.717, 1.165) is 23.2 Å². The van der Waals surface area contributed by atoms with Crippen molar-refractivity contribution in [2.24, 2.45) is 11.8 Å². The van der Waals surface area contributed by atoms with E-state index in [1.54, 1.807) is 0 Å². The number of nitrogens with zero attached hydrogens (tertiary/aromatic N) is 1. The van der Waals surface area contributed by atoms with Gasteiger partial charge in [0.05, 0.1) is 24.5 Å². The number of fused-ring (bicyclic) bond motifs is 2. The van der Waals surface area contributed by atoms with Crippen LogP contribution in [0, 0.1) is 18.8 Å². The number of hydrogen-bond donors (Lipinski definition) is 2. The van der Waals surface area contributed by atoms with Crippen molar-refractivity contribution in [2.45, 2.75) is 25.0 Å². The molecule has 162 valence electrons. The Kier molecular flexibility index (Phi) is 4.27. The molecule has 6 nitrogen and oxygen atoms in total. The number of carbonyl (C=O) groups is 2. The maximum absolute atomic E-state index is 13.4. The average molecular weight is 428 g/mol. The molecule has 2 saturated heterocycles. The van der Waals surface area contributed by atoms with Crippen molar-refractivity contribution >= 4 is 28.4 Å². The Morgan fingerprint density at radius 1 is 1.22 bits per heavy atom. The lowest BCUT2D eigenvalue weighted by atomic mass is 9.77. The highest BCUT2D eigenvalue weighted by Crippen LogP contribution is 2.52. The number of aryl methyl sites for hydroxylation is 1. The van der Waals surface area contributed by atoms with Crippen LogP contribution in [0.5, 0.6) is 0 Å². The zero-order valence-electron chi connectivity index (χ0n) is 17.9. The minimum atomic E-state index is -0.683. The van der Waals surface area contributed by atoms with E-state index in [2.05, 4.69) is 22.4 Å². The van der Waals surface area contributed by atoms with Crippen molar-refractivity contribution in [1.29, 1.82) is 0 Å². The van der Waals surface area contributed by atoms with E-state index >= 15 is 0 Å². The van der Waals surface area contributed by atoms with Gasteiger partial charge in [-0.25, -0.2) is 0 Å². The Morgan fingerprint density at radius 2 is 2.03 bits per heavy atom. The molecule has 3 aromatic rings. The Hall–Kier alpha value is -3.38. The predicted molar refractivity (Wildman–Crippen MR) is 122 cm³/mol. The molecule has 2 bridgehead atoms. The molecule has 0 unspecified atom stereocenters. The molecule has 4 atom stereocenters. The third kappa shape index (κ3) is 2.90. The van der Waals surface area contributed by atoms with Crippen LogP contribution < -0.4 is 5.32 Å². The molecule has 4 heterocycles. The molecule has 6 heteroatoms. The molecule has 2 N–H and O–H groups in total. The summed E-state index contributed by atoms with van der Waals surface area (Å²) in [6.45, 7) is 3.11. The zero-order valence-corrected chi connectivity index (χ0v) is 17.9. The molecular weight excluding hydrogens is 402 g/mol. The van der Waals surface area contributed by atoms with Gasteiger partial charge in [-0.3, -0.25) is 9.59 Å². The number of benzene rings is 2.